The van der Waals surface area contributed by atoms with E-state index in [1.165, 1.54) is 24.4 Å². The maximum absolute atomic E-state index is 13.0. The molecule has 1 heterocycles. The number of hydrogen-bond donors (Lipinski definition) is 2. The summed E-state index contributed by atoms with van der Waals surface area (Å²) < 4.78 is 39.0. The number of halogens is 3. The minimum absolute atomic E-state index is 0.0364. The summed E-state index contributed by atoms with van der Waals surface area (Å²) in [5.74, 6) is 0.290. The number of hydrogen-bond acceptors (Lipinski definition) is 4. The van der Waals surface area contributed by atoms with Crippen molar-refractivity contribution in [2.24, 2.45) is 5.73 Å². The molecule has 0 saturated carbocycles. The van der Waals surface area contributed by atoms with Gasteiger partial charge in [0.05, 0.1) is 11.3 Å². The van der Waals surface area contributed by atoms with Gasteiger partial charge in [0.1, 0.15) is 0 Å². The zero-order chi connectivity index (χ0) is 15.3. The third-order valence-corrected chi connectivity index (χ3v) is 2.83. The van der Waals surface area contributed by atoms with Crippen molar-refractivity contribution in [2.75, 3.05) is 18.4 Å². The summed E-state index contributed by atoms with van der Waals surface area (Å²) in [5.41, 5.74) is 4.93. The highest BCUT2D eigenvalue weighted by atomic mass is 19.4. The summed E-state index contributed by atoms with van der Waals surface area (Å²) >= 11 is 0. The van der Waals surface area contributed by atoms with Crippen molar-refractivity contribution >= 4 is 5.95 Å². The smallest absolute Gasteiger partial charge is 0.354 e. The number of benzene rings is 1. The molecule has 0 aliphatic rings. The largest absolute Gasteiger partial charge is 0.417 e. The molecular formula is C14H15F3N4. The molecule has 0 aliphatic heterocycles. The lowest BCUT2D eigenvalue weighted by molar-refractivity contribution is -0.137. The fourth-order valence-electron chi connectivity index (χ4n) is 1.85. The van der Waals surface area contributed by atoms with Crippen molar-refractivity contribution in [3.8, 4) is 11.3 Å². The van der Waals surface area contributed by atoms with Gasteiger partial charge in [-0.3, -0.25) is 0 Å². The van der Waals surface area contributed by atoms with E-state index in [1.54, 1.807) is 6.07 Å². The highest BCUT2D eigenvalue weighted by Gasteiger charge is 2.33. The van der Waals surface area contributed by atoms with Gasteiger partial charge < -0.3 is 11.1 Å². The van der Waals surface area contributed by atoms with Crippen molar-refractivity contribution in [1.82, 2.24) is 9.97 Å². The zero-order valence-corrected chi connectivity index (χ0v) is 11.2. The molecule has 0 fully saturated rings. The molecule has 7 heteroatoms. The second-order valence-corrected chi connectivity index (χ2v) is 4.38. The Morgan fingerprint density at radius 1 is 1.14 bits per heavy atom. The van der Waals surface area contributed by atoms with E-state index >= 15 is 0 Å². The van der Waals surface area contributed by atoms with Gasteiger partial charge in [-0.15, -0.1) is 0 Å². The Morgan fingerprint density at radius 3 is 2.62 bits per heavy atom. The lowest BCUT2D eigenvalue weighted by Gasteiger charge is -2.12. The normalized spacial score (nSPS) is 11.4. The molecule has 0 aliphatic carbocycles. The standard InChI is InChI=1S/C14H15F3N4/c15-14(16,17)11-5-2-1-4-10(11)12-6-9-20-13(21-12)19-8-3-7-18/h1-2,4-6,9H,3,7-8,18H2,(H,19,20,21). The number of rotatable bonds is 5. The molecule has 21 heavy (non-hydrogen) atoms. The van der Waals surface area contributed by atoms with Gasteiger partial charge >= 0.3 is 6.18 Å². The average Bonchev–Trinajstić information content (AvgIpc) is 2.47. The predicted molar refractivity (Wildman–Crippen MR) is 74.6 cm³/mol. The molecule has 4 nitrogen and oxygen atoms in total. The van der Waals surface area contributed by atoms with Gasteiger partial charge in [-0.1, -0.05) is 18.2 Å². The Hall–Kier alpha value is -2.15. The van der Waals surface area contributed by atoms with Gasteiger partial charge in [0.25, 0.3) is 0 Å². The monoisotopic (exact) mass is 296 g/mol. The Morgan fingerprint density at radius 2 is 1.90 bits per heavy atom. The van der Waals surface area contributed by atoms with E-state index in [0.29, 0.717) is 13.1 Å². The molecule has 0 unspecified atom stereocenters. The van der Waals surface area contributed by atoms with Crippen LogP contribution in [0.25, 0.3) is 11.3 Å². The van der Waals surface area contributed by atoms with Crippen molar-refractivity contribution in [2.45, 2.75) is 12.6 Å². The van der Waals surface area contributed by atoms with Gasteiger partial charge in [0.2, 0.25) is 5.95 Å². The quantitative estimate of drug-likeness (QED) is 0.833. The summed E-state index contributed by atoms with van der Waals surface area (Å²) in [5, 5.41) is 2.93. The predicted octanol–water partition coefficient (Wildman–Crippen LogP) is 2.92. The first-order valence-corrected chi connectivity index (χ1v) is 6.46. The van der Waals surface area contributed by atoms with Gasteiger partial charge in [-0.25, -0.2) is 9.97 Å². The van der Waals surface area contributed by atoms with Gasteiger partial charge in [0, 0.05) is 18.3 Å². The first-order valence-electron chi connectivity index (χ1n) is 6.46. The Labute approximate surface area is 120 Å². The van der Waals surface area contributed by atoms with Gasteiger partial charge in [-0.05, 0) is 25.1 Å². The SMILES string of the molecule is NCCCNc1nccc(-c2ccccc2C(F)(F)F)n1. The maximum atomic E-state index is 13.0. The molecule has 2 aromatic rings. The van der Waals surface area contributed by atoms with Gasteiger partial charge in [-0.2, -0.15) is 13.2 Å². The maximum Gasteiger partial charge on any atom is 0.417 e. The highest BCUT2D eigenvalue weighted by Crippen LogP contribution is 2.36. The molecule has 0 atom stereocenters. The van der Waals surface area contributed by atoms with Crippen LogP contribution < -0.4 is 11.1 Å². The van der Waals surface area contributed by atoms with Crippen LogP contribution in [0.2, 0.25) is 0 Å². The number of nitrogens with two attached hydrogens (primary N) is 1. The zero-order valence-electron chi connectivity index (χ0n) is 11.2. The van der Waals surface area contributed by atoms with E-state index in [2.05, 4.69) is 15.3 Å². The summed E-state index contributed by atoms with van der Waals surface area (Å²) in [7, 11) is 0. The number of anilines is 1. The lowest BCUT2D eigenvalue weighted by Crippen LogP contribution is -2.11. The summed E-state index contributed by atoms with van der Waals surface area (Å²) in [6, 6.07) is 6.80. The Balaban J connectivity index is 2.32. The van der Waals surface area contributed by atoms with Crippen molar-refractivity contribution in [3.63, 3.8) is 0 Å². The van der Waals surface area contributed by atoms with Crippen LogP contribution in [-0.4, -0.2) is 23.1 Å². The molecule has 0 spiro atoms. The number of nitrogens with zero attached hydrogens (tertiary/aromatic N) is 2. The molecule has 0 saturated heterocycles. The topological polar surface area (TPSA) is 63.8 Å². The third-order valence-electron chi connectivity index (χ3n) is 2.83. The van der Waals surface area contributed by atoms with E-state index in [9.17, 15) is 13.2 Å². The van der Waals surface area contributed by atoms with E-state index in [-0.39, 0.29) is 17.2 Å². The van der Waals surface area contributed by atoms with Crippen molar-refractivity contribution in [3.05, 3.63) is 42.1 Å². The van der Waals surface area contributed by atoms with E-state index in [4.69, 9.17) is 5.73 Å². The number of aromatic nitrogens is 2. The second kappa shape index (κ2) is 6.53. The summed E-state index contributed by atoms with van der Waals surface area (Å²) in [6.45, 7) is 1.09. The van der Waals surface area contributed by atoms with Crippen molar-refractivity contribution in [1.29, 1.82) is 0 Å². The van der Waals surface area contributed by atoms with Crippen LogP contribution in [0.15, 0.2) is 36.5 Å². The molecular weight excluding hydrogens is 281 g/mol. The fraction of sp³-hybridized carbons (Fsp3) is 0.286. The Kier molecular flexibility index (Phi) is 4.74. The van der Waals surface area contributed by atoms with Crippen LogP contribution in [0.4, 0.5) is 19.1 Å². The first-order chi connectivity index (χ1) is 10.0. The minimum Gasteiger partial charge on any atom is -0.354 e. The van der Waals surface area contributed by atoms with Crippen LogP contribution in [0, 0.1) is 0 Å². The van der Waals surface area contributed by atoms with Crippen LogP contribution in [-0.2, 0) is 6.18 Å². The average molecular weight is 296 g/mol. The molecule has 2 rings (SSSR count). The molecule has 0 radical (unpaired) electrons. The highest BCUT2D eigenvalue weighted by molar-refractivity contribution is 5.65. The van der Waals surface area contributed by atoms with Crippen LogP contribution in [0.1, 0.15) is 12.0 Å². The number of alkyl halides is 3. The molecule has 1 aromatic carbocycles. The first kappa shape index (κ1) is 15.2. The van der Waals surface area contributed by atoms with Crippen LogP contribution in [0.3, 0.4) is 0 Å². The molecule has 0 amide bonds. The van der Waals surface area contributed by atoms with E-state index in [0.717, 1.165) is 12.5 Å². The van der Waals surface area contributed by atoms with E-state index in [1.807, 2.05) is 0 Å². The third kappa shape index (κ3) is 3.91. The van der Waals surface area contributed by atoms with Crippen LogP contribution in [0.5, 0.6) is 0 Å². The minimum atomic E-state index is -4.42. The molecule has 0 bridgehead atoms. The van der Waals surface area contributed by atoms with Gasteiger partial charge in [0.15, 0.2) is 0 Å². The fourth-order valence-corrected chi connectivity index (χ4v) is 1.85. The number of nitrogens with one attached hydrogen (secondary N) is 1. The molecule has 3 N–H and O–H groups in total. The summed E-state index contributed by atoms with van der Waals surface area (Å²) in [4.78, 5) is 8.11. The molecule has 112 valence electrons. The summed E-state index contributed by atoms with van der Waals surface area (Å²) in [6.07, 6.45) is -2.26. The van der Waals surface area contributed by atoms with Crippen LogP contribution >= 0.6 is 0 Å². The Bertz CT molecular complexity index is 599. The van der Waals surface area contributed by atoms with Crippen molar-refractivity contribution < 1.29 is 13.2 Å². The van der Waals surface area contributed by atoms with E-state index < -0.39 is 11.7 Å². The lowest BCUT2D eigenvalue weighted by atomic mass is 10.0. The molecule has 1 aromatic heterocycles. The second-order valence-electron chi connectivity index (χ2n) is 4.38.